The highest BCUT2D eigenvalue weighted by Crippen LogP contribution is 2.64. The lowest BCUT2D eigenvalue weighted by Gasteiger charge is -2.52. The molecule has 0 N–H and O–H groups in total. The molecule has 4 rings (SSSR count). The third-order valence-electron chi connectivity index (χ3n) is 10.5. The SMILES string of the molecule is Cc1cccc2c1CC[C@@H]1[C@@H]2CC[C@]2(C)[C@@H]([C@H](C)C[C@H](C)[C@@H](C)C(C)C)CC[C@@H]12. The van der Waals surface area contributed by atoms with Gasteiger partial charge in [-0.3, -0.25) is 0 Å². The second-order valence-electron chi connectivity index (χ2n) is 12.1. The van der Waals surface area contributed by atoms with E-state index in [0.717, 1.165) is 47.3 Å². The van der Waals surface area contributed by atoms with Crippen LogP contribution in [0.15, 0.2) is 18.2 Å². The highest BCUT2D eigenvalue weighted by molar-refractivity contribution is 5.40. The lowest BCUT2D eigenvalue weighted by Crippen LogP contribution is -2.43. The van der Waals surface area contributed by atoms with E-state index in [9.17, 15) is 0 Å². The van der Waals surface area contributed by atoms with Crippen molar-refractivity contribution in [3.05, 3.63) is 34.9 Å². The second kappa shape index (κ2) is 8.05. The molecule has 3 aliphatic carbocycles. The number of aryl methyl sites for hydroxylation is 1. The maximum absolute atomic E-state index is 2.71. The van der Waals surface area contributed by atoms with E-state index >= 15 is 0 Å². The summed E-state index contributed by atoms with van der Waals surface area (Å²) in [5, 5.41) is 0. The van der Waals surface area contributed by atoms with Crippen molar-refractivity contribution in [2.45, 2.75) is 99.3 Å². The van der Waals surface area contributed by atoms with Crippen LogP contribution in [0.5, 0.6) is 0 Å². The Morgan fingerprint density at radius 3 is 2.48 bits per heavy atom. The average molecular weight is 395 g/mol. The van der Waals surface area contributed by atoms with E-state index < -0.39 is 0 Å². The predicted octanol–water partition coefficient (Wildman–Crippen LogP) is 8.42. The molecular formula is C29H46. The summed E-state index contributed by atoms with van der Waals surface area (Å²) in [7, 11) is 0. The van der Waals surface area contributed by atoms with Crippen molar-refractivity contribution in [2.24, 2.45) is 46.8 Å². The quantitative estimate of drug-likeness (QED) is 0.470. The van der Waals surface area contributed by atoms with E-state index in [1.54, 1.807) is 16.7 Å². The summed E-state index contributed by atoms with van der Waals surface area (Å²) in [6, 6.07) is 7.13. The van der Waals surface area contributed by atoms with Crippen LogP contribution in [0, 0.1) is 53.8 Å². The smallest absolute Gasteiger partial charge is 0.0128 e. The Hall–Kier alpha value is -0.780. The Balaban J connectivity index is 1.51. The van der Waals surface area contributed by atoms with E-state index in [1.807, 2.05) is 0 Å². The van der Waals surface area contributed by atoms with Crippen LogP contribution in [0.3, 0.4) is 0 Å². The topological polar surface area (TPSA) is 0 Å². The summed E-state index contributed by atoms with van der Waals surface area (Å²) in [4.78, 5) is 0. The lowest BCUT2D eigenvalue weighted by molar-refractivity contribution is 0.00608. The zero-order chi connectivity index (χ0) is 20.9. The van der Waals surface area contributed by atoms with Gasteiger partial charge in [-0.05, 0) is 121 Å². The molecular weight excluding hydrogens is 348 g/mol. The monoisotopic (exact) mass is 394 g/mol. The Morgan fingerprint density at radius 2 is 1.76 bits per heavy atom. The zero-order valence-electron chi connectivity index (χ0n) is 20.3. The molecule has 0 nitrogen and oxygen atoms in total. The van der Waals surface area contributed by atoms with Gasteiger partial charge in [0.2, 0.25) is 0 Å². The Morgan fingerprint density at radius 1 is 1.00 bits per heavy atom. The Bertz CT molecular complexity index is 715. The van der Waals surface area contributed by atoms with Crippen LogP contribution in [0.25, 0.3) is 0 Å². The molecule has 0 heteroatoms. The number of rotatable bonds is 5. The van der Waals surface area contributed by atoms with Gasteiger partial charge in [-0.2, -0.15) is 0 Å². The zero-order valence-corrected chi connectivity index (χ0v) is 20.3. The summed E-state index contributed by atoms with van der Waals surface area (Å²) in [5.74, 6) is 7.12. The van der Waals surface area contributed by atoms with E-state index in [-0.39, 0.29) is 0 Å². The van der Waals surface area contributed by atoms with Crippen molar-refractivity contribution in [1.82, 2.24) is 0 Å². The second-order valence-corrected chi connectivity index (χ2v) is 12.1. The number of hydrogen-bond acceptors (Lipinski definition) is 0. The number of hydrogen-bond donors (Lipinski definition) is 0. The van der Waals surface area contributed by atoms with Gasteiger partial charge < -0.3 is 0 Å². The van der Waals surface area contributed by atoms with E-state index in [4.69, 9.17) is 0 Å². The maximum Gasteiger partial charge on any atom is -0.0128 e. The first-order chi connectivity index (χ1) is 13.7. The van der Waals surface area contributed by atoms with Crippen LogP contribution in [0.1, 0.15) is 103 Å². The molecule has 29 heavy (non-hydrogen) atoms. The highest BCUT2D eigenvalue weighted by Gasteiger charge is 2.55. The van der Waals surface area contributed by atoms with Gasteiger partial charge in [0.25, 0.3) is 0 Å². The highest BCUT2D eigenvalue weighted by atomic mass is 14.6. The van der Waals surface area contributed by atoms with Crippen molar-refractivity contribution in [3.8, 4) is 0 Å². The van der Waals surface area contributed by atoms with Crippen molar-refractivity contribution in [3.63, 3.8) is 0 Å². The average Bonchev–Trinajstić information content (AvgIpc) is 3.04. The molecule has 0 saturated heterocycles. The first-order valence-corrected chi connectivity index (χ1v) is 12.8. The minimum absolute atomic E-state index is 0.600. The minimum Gasteiger partial charge on any atom is -0.0625 e. The fourth-order valence-electron chi connectivity index (χ4n) is 8.40. The lowest BCUT2D eigenvalue weighted by atomic mass is 9.52. The standard InChI is InChI=1S/C29H46/c1-18(2)22(6)20(4)17-21(5)27-13-14-28-26-12-11-23-19(3)9-8-10-24(23)25(26)15-16-29(27,28)7/h8-10,18,20-22,25-28H,11-17H2,1-7H3/t20-,21+,22-,25+,26+,27+,28-,29+/m0/s1. The van der Waals surface area contributed by atoms with Gasteiger partial charge in [-0.25, -0.2) is 0 Å². The third-order valence-corrected chi connectivity index (χ3v) is 10.5. The summed E-state index contributed by atoms with van der Waals surface area (Å²) >= 11 is 0. The molecule has 3 aliphatic rings. The molecule has 8 atom stereocenters. The molecule has 1 aromatic carbocycles. The summed E-state index contributed by atoms with van der Waals surface area (Å²) < 4.78 is 0. The molecule has 2 saturated carbocycles. The molecule has 2 fully saturated rings. The van der Waals surface area contributed by atoms with Crippen LogP contribution in [0.4, 0.5) is 0 Å². The van der Waals surface area contributed by atoms with E-state index in [1.165, 1.54) is 44.9 Å². The summed E-state index contributed by atoms with van der Waals surface area (Å²) in [5.41, 5.74) is 5.58. The third kappa shape index (κ3) is 3.61. The first kappa shape index (κ1) is 21.5. The molecule has 0 bridgehead atoms. The predicted molar refractivity (Wildman–Crippen MR) is 126 cm³/mol. The van der Waals surface area contributed by atoms with E-state index in [0.29, 0.717) is 5.41 Å². The largest absolute Gasteiger partial charge is 0.0625 e. The van der Waals surface area contributed by atoms with Gasteiger partial charge >= 0.3 is 0 Å². The maximum atomic E-state index is 2.71. The van der Waals surface area contributed by atoms with Crippen LogP contribution < -0.4 is 0 Å². The van der Waals surface area contributed by atoms with Crippen LogP contribution >= 0.6 is 0 Å². The molecule has 0 unspecified atom stereocenters. The Kier molecular flexibility index (Phi) is 5.95. The molecule has 0 radical (unpaired) electrons. The van der Waals surface area contributed by atoms with Gasteiger partial charge in [0.15, 0.2) is 0 Å². The molecule has 1 aromatic rings. The van der Waals surface area contributed by atoms with Gasteiger partial charge in [0, 0.05) is 0 Å². The van der Waals surface area contributed by atoms with Crippen molar-refractivity contribution in [1.29, 1.82) is 0 Å². The van der Waals surface area contributed by atoms with Gasteiger partial charge in [0.05, 0.1) is 0 Å². The number of fused-ring (bicyclic) bond motifs is 5. The van der Waals surface area contributed by atoms with Crippen LogP contribution in [0.2, 0.25) is 0 Å². The van der Waals surface area contributed by atoms with Crippen LogP contribution in [-0.4, -0.2) is 0 Å². The summed E-state index contributed by atoms with van der Waals surface area (Å²) in [6.45, 7) is 17.5. The number of benzene rings is 1. The molecule has 0 amide bonds. The van der Waals surface area contributed by atoms with Crippen LogP contribution in [-0.2, 0) is 6.42 Å². The molecule has 0 heterocycles. The fourth-order valence-corrected chi connectivity index (χ4v) is 8.40. The molecule has 0 spiro atoms. The van der Waals surface area contributed by atoms with Crippen molar-refractivity contribution in [2.75, 3.05) is 0 Å². The Labute approximate surface area is 181 Å². The fraction of sp³-hybridized carbons (Fsp3) is 0.793. The minimum atomic E-state index is 0.600. The van der Waals surface area contributed by atoms with Gasteiger partial charge in [-0.15, -0.1) is 0 Å². The first-order valence-electron chi connectivity index (χ1n) is 12.8. The van der Waals surface area contributed by atoms with Gasteiger partial charge in [0.1, 0.15) is 0 Å². The molecule has 162 valence electrons. The van der Waals surface area contributed by atoms with Gasteiger partial charge in [-0.1, -0.05) is 59.7 Å². The normalized spacial score (nSPS) is 36.8. The van der Waals surface area contributed by atoms with Crippen molar-refractivity contribution >= 4 is 0 Å². The van der Waals surface area contributed by atoms with E-state index in [2.05, 4.69) is 66.7 Å². The summed E-state index contributed by atoms with van der Waals surface area (Å²) in [6.07, 6.45) is 10.1. The molecule has 0 aromatic heterocycles. The van der Waals surface area contributed by atoms with Crippen molar-refractivity contribution < 1.29 is 0 Å². The molecule has 0 aliphatic heterocycles.